The molecule has 4 rings (SSSR count). The van der Waals surface area contributed by atoms with Gasteiger partial charge in [0.05, 0.1) is 0 Å². The zero-order chi connectivity index (χ0) is 18.6. The maximum absolute atomic E-state index is 13.2. The number of ether oxygens (including phenoxy) is 1. The second-order valence-corrected chi connectivity index (χ2v) is 22.2. The van der Waals surface area contributed by atoms with Gasteiger partial charge in [0, 0.05) is 0 Å². The standard InChI is InChI=1S/C22H38O2P2Se/c1-24-22(23)20-21(17-11-5-2-6-12-17)27-26(19-15-9-4-10-16-19)25(20)18-13-7-3-8-14-18/h17-21H,2-16H2,1H3. The van der Waals surface area contributed by atoms with E-state index in [-0.39, 0.29) is 19.9 Å². The number of hydrogen-bond donors (Lipinski definition) is 0. The quantitative estimate of drug-likeness (QED) is 0.247. The number of esters is 1. The Morgan fingerprint density at radius 3 is 1.85 bits per heavy atom. The van der Waals surface area contributed by atoms with Crippen LogP contribution in [-0.2, 0) is 9.53 Å². The molecule has 2 nitrogen and oxygen atoms in total. The molecule has 0 N–H and O–H groups in total. The molecule has 4 fully saturated rings. The summed E-state index contributed by atoms with van der Waals surface area (Å²) in [6, 6.07) is 0. The Kier molecular flexibility index (Phi) is 8.00. The number of methoxy groups -OCH3 is 1. The van der Waals surface area contributed by atoms with E-state index in [1.165, 1.54) is 96.3 Å². The summed E-state index contributed by atoms with van der Waals surface area (Å²) in [6.07, 6.45) is 21.7. The molecular weight excluding hydrogens is 437 g/mol. The molecule has 1 saturated heterocycles. The van der Waals surface area contributed by atoms with E-state index in [1.54, 1.807) is 7.11 Å². The van der Waals surface area contributed by atoms with Gasteiger partial charge in [-0.05, 0) is 0 Å². The Hall–Kier alpha value is 0.849. The molecule has 1 heterocycles. The number of carbonyl (C=O) groups is 1. The predicted molar refractivity (Wildman–Crippen MR) is 119 cm³/mol. The summed E-state index contributed by atoms with van der Waals surface area (Å²) in [5.74, 6) is 1.07. The first-order valence-corrected chi connectivity index (χ1v) is 18.4. The molecule has 0 bridgehead atoms. The van der Waals surface area contributed by atoms with Gasteiger partial charge in [0.25, 0.3) is 0 Å². The van der Waals surface area contributed by atoms with E-state index in [1.807, 2.05) is 0 Å². The average Bonchev–Trinajstić information content (AvgIpc) is 3.16. The fourth-order valence-electron chi connectivity index (χ4n) is 5.99. The molecule has 0 amide bonds. The molecule has 4 unspecified atom stereocenters. The fraction of sp³-hybridized carbons (Fsp3) is 0.955. The Balaban J connectivity index is 1.62. The third-order valence-electron chi connectivity index (χ3n) is 7.45. The summed E-state index contributed by atoms with van der Waals surface area (Å²) < 4.78 is 5.51. The zero-order valence-electron chi connectivity index (χ0n) is 17.1. The van der Waals surface area contributed by atoms with Crippen LogP contribution in [-0.4, -0.2) is 44.6 Å². The van der Waals surface area contributed by atoms with Gasteiger partial charge in [-0.2, -0.15) is 0 Å². The molecule has 0 aromatic heterocycles. The summed E-state index contributed by atoms with van der Waals surface area (Å²) in [5, 5.41) is 0. The summed E-state index contributed by atoms with van der Waals surface area (Å²) in [5.41, 5.74) is 2.26. The third kappa shape index (κ3) is 4.79. The molecular formula is C22H38O2P2Se. The van der Waals surface area contributed by atoms with Gasteiger partial charge in [-0.1, -0.05) is 0 Å². The van der Waals surface area contributed by atoms with Crippen molar-refractivity contribution in [2.75, 3.05) is 7.11 Å². The van der Waals surface area contributed by atoms with Crippen molar-refractivity contribution < 1.29 is 9.53 Å². The Bertz CT molecular complexity index is 485. The Morgan fingerprint density at radius 1 is 0.778 bits per heavy atom. The van der Waals surface area contributed by atoms with E-state index in [9.17, 15) is 4.79 Å². The van der Waals surface area contributed by atoms with Gasteiger partial charge >= 0.3 is 175 Å². The Morgan fingerprint density at radius 2 is 1.30 bits per heavy atom. The number of hydrogen-bond acceptors (Lipinski definition) is 2. The molecule has 27 heavy (non-hydrogen) atoms. The van der Waals surface area contributed by atoms with Crippen molar-refractivity contribution in [3.63, 3.8) is 0 Å². The SMILES string of the molecule is COC(=O)C1C(C2CCCCC2)[Se]P(C2CCCCC2)P1C1CCCCC1. The average molecular weight is 475 g/mol. The second-order valence-electron chi connectivity index (χ2n) is 9.20. The first-order valence-electron chi connectivity index (χ1n) is 11.6. The first-order chi connectivity index (χ1) is 13.3. The van der Waals surface area contributed by atoms with Crippen LogP contribution in [0.4, 0.5) is 0 Å². The third-order valence-corrected chi connectivity index (χ3v) is 27.6. The second kappa shape index (κ2) is 10.2. The molecule has 154 valence electrons. The first kappa shape index (κ1) is 21.1. The van der Waals surface area contributed by atoms with Gasteiger partial charge in [-0.3, -0.25) is 0 Å². The summed E-state index contributed by atoms with van der Waals surface area (Å²) >= 11 is 0.737. The normalized spacial score (nSPS) is 37.4. The van der Waals surface area contributed by atoms with Gasteiger partial charge in [0.15, 0.2) is 0 Å². The van der Waals surface area contributed by atoms with Crippen LogP contribution < -0.4 is 0 Å². The maximum atomic E-state index is 13.2. The van der Waals surface area contributed by atoms with E-state index in [0.29, 0.717) is 5.66 Å². The van der Waals surface area contributed by atoms with Gasteiger partial charge in [-0.15, -0.1) is 0 Å². The van der Waals surface area contributed by atoms with Crippen LogP contribution in [0.3, 0.4) is 0 Å². The number of carbonyl (C=O) groups excluding carboxylic acids is 1. The number of rotatable bonds is 4. The van der Waals surface area contributed by atoms with Crippen LogP contribution in [0, 0.1) is 5.92 Å². The van der Waals surface area contributed by atoms with E-state index in [4.69, 9.17) is 4.74 Å². The van der Waals surface area contributed by atoms with Crippen molar-refractivity contribution in [3.05, 3.63) is 0 Å². The van der Waals surface area contributed by atoms with Crippen molar-refractivity contribution in [1.29, 1.82) is 0 Å². The van der Waals surface area contributed by atoms with Crippen molar-refractivity contribution in [2.24, 2.45) is 5.92 Å². The fourth-order valence-corrected chi connectivity index (χ4v) is 33.1. The summed E-state index contributed by atoms with van der Waals surface area (Å²) in [4.78, 5) is 13.9. The van der Waals surface area contributed by atoms with Crippen molar-refractivity contribution in [2.45, 2.75) is 118 Å². The molecule has 3 aliphatic carbocycles. The van der Waals surface area contributed by atoms with E-state index >= 15 is 0 Å². The molecule has 3 saturated carbocycles. The monoisotopic (exact) mass is 476 g/mol. The molecule has 5 heteroatoms. The van der Waals surface area contributed by atoms with Crippen LogP contribution in [0.2, 0.25) is 4.82 Å². The summed E-state index contributed by atoms with van der Waals surface area (Å²) in [7, 11) is 1.57. The van der Waals surface area contributed by atoms with Gasteiger partial charge < -0.3 is 0 Å². The van der Waals surface area contributed by atoms with E-state index in [0.717, 1.165) is 36.6 Å². The molecule has 0 aromatic rings. The van der Waals surface area contributed by atoms with Gasteiger partial charge in [0.2, 0.25) is 0 Å². The topological polar surface area (TPSA) is 26.3 Å². The van der Waals surface area contributed by atoms with Crippen LogP contribution in [0.25, 0.3) is 0 Å². The minimum absolute atomic E-state index is 0.104. The van der Waals surface area contributed by atoms with E-state index in [2.05, 4.69) is 0 Å². The van der Waals surface area contributed by atoms with Gasteiger partial charge in [-0.25, -0.2) is 0 Å². The molecule has 0 spiro atoms. The van der Waals surface area contributed by atoms with Crippen molar-refractivity contribution >= 4 is 34.4 Å². The van der Waals surface area contributed by atoms with Crippen LogP contribution in [0.5, 0.6) is 0 Å². The van der Waals surface area contributed by atoms with E-state index < -0.39 is 0 Å². The van der Waals surface area contributed by atoms with Crippen molar-refractivity contribution in [1.82, 2.24) is 0 Å². The predicted octanol–water partition coefficient (Wildman–Crippen LogP) is 7.07. The zero-order valence-corrected chi connectivity index (χ0v) is 20.6. The Labute approximate surface area is 174 Å². The summed E-state index contributed by atoms with van der Waals surface area (Å²) in [6.45, 7) is 0. The molecule has 0 radical (unpaired) electrons. The minimum atomic E-state index is -0.104. The van der Waals surface area contributed by atoms with Gasteiger partial charge in [0.1, 0.15) is 0 Å². The van der Waals surface area contributed by atoms with Crippen LogP contribution >= 0.6 is 13.9 Å². The molecule has 4 atom stereocenters. The van der Waals surface area contributed by atoms with Crippen LogP contribution in [0.1, 0.15) is 96.3 Å². The molecule has 1 aliphatic heterocycles. The molecule has 0 aromatic carbocycles. The van der Waals surface area contributed by atoms with Crippen LogP contribution in [0.15, 0.2) is 0 Å². The molecule has 4 aliphatic rings. The van der Waals surface area contributed by atoms with Crippen molar-refractivity contribution in [3.8, 4) is 0 Å².